The number of nitrogens with one attached hydrogen (secondary N) is 2. The largest absolute Gasteiger partial charge is 0.344 e. The molecule has 0 aromatic heterocycles. The molecule has 2 unspecified atom stereocenters. The standard InChI is InChI=1S/C13H22N2O/c1-5-8-14-12(16)10(2)15-11-6-7-13(3,4)9-11/h1,10-11,15H,6-9H2,2-4H3,(H,14,16). The summed E-state index contributed by atoms with van der Waals surface area (Å²) in [5.41, 5.74) is 0.409. The first-order chi connectivity index (χ1) is 7.44. The van der Waals surface area contributed by atoms with Crippen LogP contribution >= 0.6 is 0 Å². The summed E-state index contributed by atoms with van der Waals surface area (Å²) in [4.78, 5) is 11.6. The molecule has 1 aliphatic carbocycles. The van der Waals surface area contributed by atoms with E-state index in [1.54, 1.807) is 0 Å². The maximum Gasteiger partial charge on any atom is 0.237 e. The molecule has 1 aliphatic rings. The van der Waals surface area contributed by atoms with Crippen molar-refractivity contribution in [2.45, 2.75) is 52.1 Å². The predicted octanol–water partition coefficient (Wildman–Crippen LogP) is 1.29. The Balaban J connectivity index is 2.32. The summed E-state index contributed by atoms with van der Waals surface area (Å²) in [5, 5.41) is 6.05. The van der Waals surface area contributed by atoms with Gasteiger partial charge in [0, 0.05) is 6.04 Å². The topological polar surface area (TPSA) is 41.1 Å². The van der Waals surface area contributed by atoms with E-state index in [4.69, 9.17) is 6.42 Å². The van der Waals surface area contributed by atoms with Crippen LogP contribution in [-0.2, 0) is 4.79 Å². The van der Waals surface area contributed by atoms with Crippen LogP contribution in [0.3, 0.4) is 0 Å². The summed E-state index contributed by atoms with van der Waals surface area (Å²) in [5.74, 6) is 2.39. The van der Waals surface area contributed by atoms with Gasteiger partial charge in [-0.15, -0.1) is 6.42 Å². The molecule has 2 atom stereocenters. The number of amides is 1. The van der Waals surface area contributed by atoms with Crippen molar-refractivity contribution in [1.29, 1.82) is 0 Å². The molecule has 0 heterocycles. The van der Waals surface area contributed by atoms with Crippen LogP contribution in [0.1, 0.15) is 40.0 Å². The minimum Gasteiger partial charge on any atom is -0.344 e. The third kappa shape index (κ3) is 3.86. The highest BCUT2D eigenvalue weighted by Gasteiger charge is 2.32. The molecule has 90 valence electrons. The summed E-state index contributed by atoms with van der Waals surface area (Å²) in [6, 6.07) is 0.300. The Bertz CT molecular complexity index is 291. The van der Waals surface area contributed by atoms with Gasteiger partial charge in [0.25, 0.3) is 0 Å². The maximum absolute atomic E-state index is 11.6. The quantitative estimate of drug-likeness (QED) is 0.704. The van der Waals surface area contributed by atoms with E-state index in [9.17, 15) is 4.79 Å². The van der Waals surface area contributed by atoms with Crippen molar-refractivity contribution < 1.29 is 4.79 Å². The van der Waals surface area contributed by atoms with Crippen molar-refractivity contribution in [3.8, 4) is 12.3 Å². The van der Waals surface area contributed by atoms with Gasteiger partial charge < -0.3 is 10.6 Å². The van der Waals surface area contributed by atoms with Crippen LogP contribution in [0.5, 0.6) is 0 Å². The number of carbonyl (C=O) groups is 1. The number of hydrogen-bond donors (Lipinski definition) is 2. The van der Waals surface area contributed by atoms with Crippen LogP contribution in [0, 0.1) is 17.8 Å². The van der Waals surface area contributed by atoms with Crippen LogP contribution in [0.4, 0.5) is 0 Å². The van der Waals surface area contributed by atoms with Gasteiger partial charge in [-0.3, -0.25) is 4.79 Å². The molecule has 1 amide bonds. The monoisotopic (exact) mass is 222 g/mol. The Morgan fingerprint density at radius 3 is 2.81 bits per heavy atom. The second-order valence-electron chi connectivity index (χ2n) is 5.41. The van der Waals surface area contributed by atoms with Gasteiger partial charge in [-0.05, 0) is 31.6 Å². The second-order valence-corrected chi connectivity index (χ2v) is 5.41. The third-order valence-corrected chi connectivity index (χ3v) is 3.21. The molecule has 16 heavy (non-hydrogen) atoms. The Morgan fingerprint density at radius 2 is 2.31 bits per heavy atom. The van der Waals surface area contributed by atoms with Crippen molar-refractivity contribution >= 4 is 5.91 Å². The normalized spacial score (nSPS) is 24.8. The van der Waals surface area contributed by atoms with Crippen LogP contribution in [0.15, 0.2) is 0 Å². The molecular formula is C13H22N2O. The Kier molecular flexibility index (Phi) is 4.37. The SMILES string of the molecule is C#CCNC(=O)C(C)NC1CCC(C)(C)C1. The fourth-order valence-electron chi connectivity index (χ4n) is 2.30. The van der Waals surface area contributed by atoms with Gasteiger partial charge in [-0.2, -0.15) is 0 Å². The van der Waals surface area contributed by atoms with E-state index < -0.39 is 0 Å². The summed E-state index contributed by atoms with van der Waals surface area (Å²) < 4.78 is 0. The zero-order valence-corrected chi connectivity index (χ0v) is 10.5. The van der Waals surface area contributed by atoms with Gasteiger partial charge in [0.1, 0.15) is 0 Å². The van der Waals surface area contributed by atoms with Gasteiger partial charge in [0.2, 0.25) is 5.91 Å². The van der Waals surface area contributed by atoms with E-state index >= 15 is 0 Å². The van der Waals surface area contributed by atoms with Crippen LogP contribution < -0.4 is 10.6 Å². The lowest BCUT2D eigenvalue weighted by molar-refractivity contribution is -0.122. The minimum absolute atomic E-state index is 0.0114. The van der Waals surface area contributed by atoms with E-state index in [0.29, 0.717) is 18.0 Å². The van der Waals surface area contributed by atoms with Crippen molar-refractivity contribution in [2.75, 3.05) is 6.54 Å². The van der Waals surface area contributed by atoms with Gasteiger partial charge in [-0.1, -0.05) is 19.8 Å². The highest BCUT2D eigenvalue weighted by Crippen LogP contribution is 2.36. The first-order valence-electron chi connectivity index (χ1n) is 5.92. The highest BCUT2D eigenvalue weighted by atomic mass is 16.2. The van der Waals surface area contributed by atoms with E-state index in [1.807, 2.05) is 6.92 Å². The van der Waals surface area contributed by atoms with Crippen LogP contribution in [0.2, 0.25) is 0 Å². The molecule has 3 nitrogen and oxygen atoms in total. The summed E-state index contributed by atoms with van der Waals surface area (Å²) in [6.45, 7) is 6.74. The Hall–Kier alpha value is -1.01. The molecule has 0 aromatic rings. The van der Waals surface area contributed by atoms with Gasteiger partial charge in [0.15, 0.2) is 0 Å². The van der Waals surface area contributed by atoms with Crippen molar-refractivity contribution in [3.05, 3.63) is 0 Å². The molecule has 0 radical (unpaired) electrons. The predicted molar refractivity (Wildman–Crippen MR) is 65.9 cm³/mol. The zero-order chi connectivity index (χ0) is 12.2. The number of carbonyl (C=O) groups excluding carboxylic acids is 1. The minimum atomic E-state index is -0.160. The fraction of sp³-hybridized carbons (Fsp3) is 0.769. The molecule has 3 heteroatoms. The average Bonchev–Trinajstić information content (AvgIpc) is 2.54. The highest BCUT2D eigenvalue weighted by molar-refractivity contribution is 5.81. The number of terminal acetylenes is 1. The van der Waals surface area contributed by atoms with E-state index in [0.717, 1.165) is 12.8 Å². The van der Waals surface area contributed by atoms with Crippen molar-refractivity contribution in [1.82, 2.24) is 10.6 Å². The summed E-state index contributed by atoms with van der Waals surface area (Å²) in [7, 11) is 0. The van der Waals surface area contributed by atoms with Gasteiger partial charge in [0.05, 0.1) is 12.6 Å². The van der Waals surface area contributed by atoms with Crippen molar-refractivity contribution in [3.63, 3.8) is 0 Å². The van der Waals surface area contributed by atoms with E-state index in [1.165, 1.54) is 6.42 Å². The van der Waals surface area contributed by atoms with Crippen LogP contribution in [-0.4, -0.2) is 24.5 Å². The molecular weight excluding hydrogens is 200 g/mol. The first-order valence-corrected chi connectivity index (χ1v) is 5.92. The summed E-state index contributed by atoms with van der Waals surface area (Å²) >= 11 is 0. The fourth-order valence-corrected chi connectivity index (χ4v) is 2.30. The smallest absolute Gasteiger partial charge is 0.237 e. The lowest BCUT2D eigenvalue weighted by atomic mass is 9.92. The molecule has 0 spiro atoms. The van der Waals surface area contributed by atoms with E-state index in [-0.39, 0.29) is 11.9 Å². The molecule has 0 saturated heterocycles. The second kappa shape index (κ2) is 5.36. The molecule has 1 fully saturated rings. The molecule has 0 aromatic carbocycles. The summed E-state index contributed by atoms with van der Waals surface area (Å²) in [6.07, 6.45) is 8.61. The molecule has 0 bridgehead atoms. The van der Waals surface area contributed by atoms with Crippen molar-refractivity contribution in [2.24, 2.45) is 5.41 Å². The molecule has 1 rings (SSSR count). The zero-order valence-electron chi connectivity index (χ0n) is 10.5. The molecule has 2 N–H and O–H groups in total. The van der Waals surface area contributed by atoms with E-state index in [2.05, 4.69) is 30.4 Å². The van der Waals surface area contributed by atoms with Gasteiger partial charge in [-0.25, -0.2) is 0 Å². The Labute approximate surface area is 98.4 Å². The van der Waals surface area contributed by atoms with Crippen LogP contribution in [0.25, 0.3) is 0 Å². The number of hydrogen-bond acceptors (Lipinski definition) is 2. The van der Waals surface area contributed by atoms with Gasteiger partial charge >= 0.3 is 0 Å². The lowest BCUT2D eigenvalue weighted by Crippen LogP contribution is -2.46. The maximum atomic E-state index is 11.6. The molecule has 0 aliphatic heterocycles. The Morgan fingerprint density at radius 1 is 1.62 bits per heavy atom. The number of rotatable bonds is 4. The first kappa shape index (κ1) is 13.1. The lowest BCUT2D eigenvalue weighted by Gasteiger charge is -2.21. The average molecular weight is 222 g/mol. The molecule has 1 saturated carbocycles. The third-order valence-electron chi connectivity index (χ3n) is 3.21.